The highest BCUT2D eigenvalue weighted by atomic mass is 19.4. The molecule has 0 radical (unpaired) electrons. The van der Waals surface area contributed by atoms with E-state index in [2.05, 4.69) is 0 Å². The van der Waals surface area contributed by atoms with Crippen LogP contribution in [0.3, 0.4) is 0 Å². The Morgan fingerprint density at radius 1 is 1.19 bits per heavy atom. The predicted octanol–water partition coefficient (Wildman–Crippen LogP) is 2.05. The summed E-state index contributed by atoms with van der Waals surface area (Å²) in [6, 6.07) is 5.33. The van der Waals surface area contributed by atoms with Crippen molar-refractivity contribution in [1.29, 1.82) is 0 Å². The SMILES string of the molecule is O=C(NCCc1ccc(F)cc1)C(F)(F)F. The Bertz CT molecular complexity index is 358. The maximum Gasteiger partial charge on any atom is 0.471 e. The summed E-state index contributed by atoms with van der Waals surface area (Å²) in [6.07, 6.45) is -4.63. The number of rotatable bonds is 3. The number of benzene rings is 1. The van der Waals surface area contributed by atoms with Crippen LogP contribution in [-0.4, -0.2) is 18.6 Å². The Morgan fingerprint density at radius 2 is 1.75 bits per heavy atom. The largest absolute Gasteiger partial charge is 0.471 e. The molecule has 1 N–H and O–H groups in total. The van der Waals surface area contributed by atoms with E-state index >= 15 is 0 Å². The van der Waals surface area contributed by atoms with Gasteiger partial charge >= 0.3 is 12.1 Å². The van der Waals surface area contributed by atoms with Crippen molar-refractivity contribution in [1.82, 2.24) is 5.32 Å². The first-order valence-electron chi connectivity index (χ1n) is 4.49. The second-order valence-electron chi connectivity index (χ2n) is 3.13. The molecule has 0 unspecified atom stereocenters. The molecule has 0 aromatic heterocycles. The molecule has 6 heteroatoms. The molecule has 2 nitrogen and oxygen atoms in total. The lowest BCUT2D eigenvalue weighted by Crippen LogP contribution is -2.37. The highest BCUT2D eigenvalue weighted by Crippen LogP contribution is 2.13. The molecule has 0 bridgehead atoms. The summed E-state index contributed by atoms with van der Waals surface area (Å²) in [5.74, 6) is -2.38. The minimum atomic E-state index is -4.86. The Morgan fingerprint density at radius 3 is 2.25 bits per heavy atom. The Kier molecular flexibility index (Phi) is 3.87. The standard InChI is InChI=1S/C10H9F4NO/c11-8-3-1-7(2-4-8)5-6-15-9(16)10(12,13)14/h1-4H,5-6H2,(H,15,16). The summed E-state index contributed by atoms with van der Waals surface area (Å²) < 4.78 is 47.8. The number of hydrogen-bond acceptors (Lipinski definition) is 1. The molecule has 0 fully saturated rings. The average molecular weight is 235 g/mol. The van der Waals surface area contributed by atoms with Crippen LogP contribution in [0.4, 0.5) is 17.6 Å². The number of amides is 1. The van der Waals surface area contributed by atoms with E-state index in [0.29, 0.717) is 5.56 Å². The van der Waals surface area contributed by atoms with Crippen LogP contribution < -0.4 is 5.32 Å². The van der Waals surface area contributed by atoms with Crippen molar-refractivity contribution >= 4 is 5.91 Å². The summed E-state index contributed by atoms with van der Waals surface area (Å²) in [5, 5.41) is 1.73. The maximum atomic E-state index is 12.5. The summed E-state index contributed by atoms with van der Waals surface area (Å²) in [5.41, 5.74) is 0.656. The first-order chi connectivity index (χ1) is 7.39. The molecule has 16 heavy (non-hydrogen) atoms. The minimum Gasteiger partial charge on any atom is -0.348 e. The number of hydrogen-bond donors (Lipinski definition) is 1. The van der Waals surface area contributed by atoms with Crippen molar-refractivity contribution in [2.75, 3.05) is 6.54 Å². The third-order valence-corrected chi connectivity index (χ3v) is 1.87. The monoisotopic (exact) mass is 235 g/mol. The zero-order valence-corrected chi connectivity index (χ0v) is 8.14. The van der Waals surface area contributed by atoms with E-state index in [4.69, 9.17) is 0 Å². The normalized spacial score (nSPS) is 11.2. The molecule has 0 saturated heterocycles. The van der Waals surface area contributed by atoms with Gasteiger partial charge in [0, 0.05) is 6.54 Å². The van der Waals surface area contributed by atoms with E-state index in [1.807, 2.05) is 0 Å². The highest BCUT2D eigenvalue weighted by Gasteiger charge is 2.38. The van der Waals surface area contributed by atoms with Crippen LogP contribution in [0, 0.1) is 5.82 Å². The molecular formula is C10H9F4NO. The first-order valence-corrected chi connectivity index (χ1v) is 4.49. The van der Waals surface area contributed by atoms with E-state index in [9.17, 15) is 22.4 Å². The average Bonchev–Trinajstić information content (AvgIpc) is 2.19. The second kappa shape index (κ2) is 4.96. The molecule has 1 aromatic carbocycles. The van der Waals surface area contributed by atoms with Crippen molar-refractivity contribution in [3.05, 3.63) is 35.6 Å². The lowest BCUT2D eigenvalue weighted by atomic mass is 10.1. The summed E-state index contributed by atoms with van der Waals surface area (Å²) in [6.45, 7) is -0.135. The number of nitrogens with one attached hydrogen (secondary N) is 1. The van der Waals surface area contributed by atoms with Crippen molar-refractivity contribution < 1.29 is 22.4 Å². The third kappa shape index (κ3) is 3.88. The van der Waals surface area contributed by atoms with Crippen molar-refractivity contribution in [2.24, 2.45) is 0 Å². The fraction of sp³-hybridized carbons (Fsp3) is 0.300. The molecule has 0 aliphatic rings. The number of carbonyl (C=O) groups is 1. The predicted molar refractivity (Wildman–Crippen MR) is 49.2 cm³/mol. The first kappa shape index (κ1) is 12.5. The van der Waals surface area contributed by atoms with Gasteiger partial charge in [-0.25, -0.2) is 4.39 Å². The van der Waals surface area contributed by atoms with Crippen LogP contribution in [-0.2, 0) is 11.2 Å². The minimum absolute atomic E-state index is 0.135. The lowest BCUT2D eigenvalue weighted by molar-refractivity contribution is -0.173. The van der Waals surface area contributed by atoms with Gasteiger partial charge in [0.25, 0.3) is 0 Å². The topological polar surface area (TPSA) is 29.1 Å². The van der Waals surface area contributed by atoms with Gasteiger partial charge in [0.15, 0.2) is 0 Å². The van der Waals surface area contributed by atoms with Crippen molar-refractivity contribution in [3.8, 4) is 0 Å². The molecule has 0 saturated carbocycles. The molecule has 0 atom stereocenters. The third-order valence-electron chi connectivity index (χ3n) is 1.87. The van der Waals surface area contributed by atoms with E-state index in [-0.39, 0.29) is 13.0 Å². The van der Waals surface area contributed by atoms with Crippen molar-refractivity contribution in [2.45, 2.75) is 12.6 Å². The highest BCUT2D eigenvalue weighted by molar-refractivity contribution is 5.81. The van der Waals surface area contributed by atoms with Crippen LogP contribution >= 0.6 is 0 Å². The van der Waals surface area contributed by atoms with Gasteiger partial charge in [0.2, 0.25) is 0 Å². The van der Waals surface area contributed by atoms with E-state index in [1.165, 1.54) is 24.3 Å². The van der Waals surface area contributed by atoms with E-state index < -0.39 is 17.9 Å². The maximum absolute atomic E-state index is 12.5. The van der Waals surface area contributed by atoms with Crippen LogP contribution in [0.15, 0.2) is 24.3 Å². The Labute approximate surface area is 89.3 Å². The van der Waals surface area contributed by atoms with Gasteiger partial charge in [-0.1, -0.05) is 12.1 Å². The molecule has 1 amide bonds. The Hall–Kier alpha value is -1.59. The molecule has 88 valence electrons. The molecule has 0 aliphatic carbocycles. The van der Waals surface area contributed by atoms with Gasteiger partial charge in [0.05, 0.1) is 0 Å². The summed E-state index contributed by atoms with van der Waals surface area (Å²) in [7, 11) is 0. The summed E-state index contributed by atoms with van der Waals surface area (Å²) >= 11 is 0. The van der Waals surface area contributed by atoms with Crippen molar-refractivity contribution in [3.63, 3.8) is 0 Å². The van der Waals surface area contributed by atoms with Gasteiger partial charge in [-0.05, 0) is 24.1 Å². The molecule has 0 spiro atoms. The molecule has 0 heterocycles. The molecule has 1 rings (SSSR count). The van der Waals surface area contributed by atoms with Gasteiger partial charge in [-0.15, -0.1) is 0 Å². The van der Waals surface area contributed by atoms with E-state index in [1.54, 1.807) is 5.32 Å². The van der Waals surface area contributed by atoms with Gasteiger partial charge in [-0.3, -0.25) is 4.79 Å². The molecular weight excluding hydrogens is 226 g/mol. The second-order valence-corrected chi connectivity index (χ2v) is 3.13. The fourth-order valence-electron chi connectivity index (χ4n) is 1.07. The fourth-order valence-corrected chi connectivity index (χ4v) is 1.07. The molecule has 1 aromatic rings. The van der Waals surface area contributed by atoms with Gasteiger partial charge in [-0.2, -0.15) is 13.2 Å². The number of alkyl halides is 3. The quantitative estimate of drug-likeness (QED) is 0.798. The van der Waals surface area contributed by atoms with Crippen LogP contribution in [0.25, 0.3) is 0 Å². The van der Waals surface area contributed by atoms with Crippen LogP contribution in [0.5, 0.6) is 0 Å². The van der Waals surface area contributed by atoms with Crippen LogP contribution in [0.1, 0.15) is 5.56 Å². The molecule has 0 aliphatic heterocycles. The summed E-state index contributed by atoms with van der Waals surface area (Å²) in [4.78, 5) is 10.4. The number of carbonyl (C=O) groups excluding carboxylic acids is 1. The van der Waals surface area contributed by atoms with Gasteiger partial charge < -0.3 is 5.32 Å². The lowest BCUT2D eigenvalue weighted by Gasteiger charge is -2.07. The number of halogens is 4. The zero-order chi connectivity index (χ0) is 12.2. The zero-order valence-electron chi connectivity index (χ0n) is 8.14. The van der Waals surface area contributed by atoms with Crippen LogP contribution in [0.2, 0.25) is 0 Å². The Balaban J connectivity index is 2.36. The van der Waals surface area contributed by atoms with Gasteiger partial charge in [0.1, 0.15) is 5.82 Å². The van der Waals surface area contributed by atoms with E-state index in [0.717, 1.165) is 0 Å². The smallest absolute Gasteiger partial charge is 0.348 e.